The lowest BCUT2D eigenvalue weighted by Gasteiger charge is -2.24. The quantitative estimate of drug-likeness (QED) is 0.416. The number of benzene rings is 1. The van der Waals surface area contributed by atoms with Gasteiger partial charge in [0.2, 0.25) is 0 Å². The van der Waals surface area contributed by atoms with Crippen molar-refractivity contribution in [1.82, 2.24) is 0 Å². The summed E-state index contributed by atoms with van der Waals surface area (Å²) in [5.41, 5.74) is 0. The minimum Gasteiger partial charge on any atom is -0.352 e. The van der Waals surface area contributed by atoms with Gasteiger partial charge in [0.25, 0.3) is 0 Å². The van der Waals surface area contributed by atoms with E-state index in [0.29, 0.717) is 11.8 Å². The Labute approximate surface area is 121 Å². The standard InChI is InChI=1S/C13H20Cl2O2Si/c1-10(8-14)16-13(17-11(2)9-15)18-12-6-4-3-5-7-12/h3-7,10-11,13H,8-9,18H2,1-2H3. The van der Waals surface area contributed by atoms with Crippen molar-refractivity contribution in [3.63, 3.8) is 0 Å². The van der Waals surface area contributed by atoms with Gasteiger partial charge in [0.1, 0.15) is 15.4 Å². The largest absolute Gasteiger partial charge is 0.352 e. The summed E-state index contributed by atoms with van der Waals surface area (Å²) in [5, 5.41) is 1.31. The van der Waals surface area contributed by atoms with Crippen molar-refractivity contribution in [3.8, 4) is 0 Å². The molecule has 0 fully saturated rings. The van der Waals surface area contributed by atoms with Gasteiger partial charge in [0.05, 0.1) is 12.2 Å². The van der Waals surface area contributed by atoms with E-state index in [-0.39, 0.29) is 18.1 Å². The first kappa shape index (κ1) is 16.0. The van der Waals surface area contributed by atoms with Gasteiger partial charge in [-0.25, -0.2) is 0 Å². The second-order valence-corrected chi connectivity index (χ2v) is 6.83. The molecule has 1 rings (SSSR count). The number of alkyl halides is 2. The second-order valence-electron chi connectivity index (χ2n) is 4.32. The van der Waals surface area contributed by atoms with Crippen LogP contribution in [0.1, 0.15) is 13.8 Å². The lowest BCUT2D eigenvalue weighted by molar-refractivity contribution is -0.131. The number of rotatable bonds is 8. The lowest BCUT2D eigenvalue weighted by atomic mass is 10.4. The van der Waals surface area contributed by atoms with E-state index < -0.39 is 9.52 Å². The number of halogens is 2. The summed E-state index contributed by atoms with van der Waals surface area (Å²) in [6, 6.07) is 10.3. The van der Waals surface area contributed by atoms with Crippen molar-refractivity contribution in [3.05, 3.63) is 30.3 Å². The van der Waals surface area contributed by atoms with Gasteiger partial charge in [-0.15, -0.1) is 23.2 Å². The third kappa shape index (κ3) is 6.21. The normalized spacial score (nSPS) is 16.9. The first-order valence-electron chi connectivity index (χ1n) is 6.12. The predicted octanol–water partition coefficient (Wildman–Crippen LogP) is 2.05. The summed E-state index contributed by atoms with van der Waals surface area (Å²) >= 11 is 11.6. The van der Waals surface area contributed by atoms with E-state index in [1.54, 1.807) is 0 Å². The third-order valence-corrected chi connectivity index (χ3v) is 4.98. The maximum Gasteiger partial charge on any atom is 0.140 e. The maximum atomic E-state index is 5.82. The molecule has 1 aromatic carbocycles. The van der Waals surface area contributed by atoms with Gasteiger partial charge in [-0.2, -0.15) is 0 Å². The van der Waals surface area contributed by atoms with E-state index in [0.717, 1.165) is 0 Å². The molecule has 1 aromatic rings. The fourth-order valence-corrected chi connectivity index (χ4v) is 3.45. The van der Waals surface area contributed by atoms with E-state index in [2.05, 4.69) is 12.1 Å². The fourth-order valence-electron chi connectivity index (χ4n) is 1.53. The van der Waals surface area contributed by atoms with Crippen molar-refractivity contribution in [1.29, 1.82) is 0 Å². The van der Waals surface area contributed by atoms with Crippen LogP contribution in [0.3, 0.4) is 0 Å². The van der Waals surface area contributed by atoms with E-state index >= 15 is 0 Å². The van der Waals surface area contributed by atoms with Crippen molar-refractivity contribution in [2.45, 2.75) is 32.0 Å². The molecule has 0 aromatic heterocycles. The minimum absolute atomic E-state index is 0.00426. The van der Waals surface area contributed by atoms with Crippen LogP contribution in [-0.2, 0) is 9.47 Å². The van der Waals surface area contributed by atoms with E-state index in [1.807, 2.05) is 32.0 Å². The van der Waals surface area contributed by atoms with Crippen LogP contribution < -0.4 is 5.19 Å². The highest BCUT2D eigenvalue weighted by molar-refractivity contribution is 6.54. The van der Waals surface area contributed by atoms with Crippen LogP contribution in [-0.4, -0.2) is 39.4 Å². The molecular weight excluding hydrogens is 287 g/mol. The van der Waals surface area contributed by atoms with E-state index in [1.165, 1.54) is 5.19 Å². The van der Waals surface area contributed by atoms with Crippen LogP contribution in [0.25, 0.3) is 0 Å². The Morgan fingerprint density at radius 3 is 1.94 bits per heavy atom. The zero-order valence-corrected chi connectivity index (χ0v) is 13.7. The van der Waals surface area contributed by atoms with Crippen molar-refractivity contribution in [2.75, 3.05) is 11.8 Å². The second kappa shape index (κ2) is 8.94. The van der Waals surface area contributed by atoms with Crippen molar-refractivity contribution < 1.29 is 9.47 Å². The molecule has 2 nitrogen and oxygen atoms in total. The summed E-state index contributed by atoms with van der Waals surface area (Å²) in [5.74, 6) is 0.770. The summed E-state index contributed by atoms with van der Waals surface area (Å²) in [4.78, 5) is 0. The molecule has 0 N–H and O–H groups in total. The smallest absolute Gasteiger partial charge is 0.140 e. The first-order valence-corrected chi connectivity index (χ1v) is 8.71. The third-order valence-electron chi connectivity index (χ3n) is 2.45. The summed E-state index contributed by atoms with van der Waals surface area (Å²) in [6.45, 7) is 3.90. The van der Waals surface area contributed by atoms with Gasteiger partial charge >= 0.3 is 0 Å². The highest BCUT2D eigenvalue weighted by Crippen LogP contribution is 2.06. The van der Waals surface area contributed by atoms with Crippen molar-refractivity contribution in [2.24, 2.45) is 0 Å². The Hall–Kier alpha value is -0.0631. The van der Waals surface area contributed by atoms with Gasteiger partial charge < -0.3 is 9.47 Å². The molecule has 5 heteroatoms. The molecule has 0 aliphatic rings. The van der Waals surface area contributed by atoms with Crippen LogP contribution in [0, 0.1) is 0 Å². The Kier molecular flexibility index (Phi) is 7.94. The van der Waals surface area contributed by atoms with Crippen LogP contribution in [0.2, 0.25) is 0 Å². The lowest BCUT2D eigenvalue weighted by Crippen LogP contribution is -2.38. The van der Waals surface area contributed by atoms with Crippen LogP contribution in [0.5, 0.6) is 0 Å². The molecule has 0 aliphatic carbocycles. The summed E-state index contributed by atoms with van der Waals surface area (Å²) < 4.78 is 11.6. The Bertz CT molecular complexity index is 312. The van der Waals surface area contributed by atoms with Crippen LogP contribution >= 0.6 is 23.2 Å². The Morgan fingerprint density at radius 2 is 1.50 bits per heavy atom. The van der Waals surface area contributed by atoms with Crippen molar-refractivity contribution >= 4 is 37.9 Å². The molecule has 2 atom stereocenters. The number of hydrogen-bond donors (Lipinski definition) is 0. The molecule has 0 radical (unpaired) electrons. The molecular formula is C13H20Cl2O2Si. The summed E-state index contributed by atoms with van der Waals surface area (Å²) in [6.07, 6.45) is -0.00851. The van der Waals surface area contributed by atoms with E-state index in [4.69, 9.17) is 32.7 Å². The zero-order chi connectivity index (χ0) is 13.4. The van der Waals surface area contributed by atoms with E-state index in [9.17, 15) is 0 Å². The average Bonchev–Trinajstić information content (AvgIpc) is 2.39. The van der Waals surface area contributed by atoms with Gasteiger partial charge in [0, 0.05) is 11.8 Å². The van der Waals surface area contributed by atoms with Gasteiger partial charge in [-0.3, -0.25) is 0 Å². The first-order chi connectivity index (χ1) is 8.65. The monoisotopic (exact) mass is 306 g/mol. The van der Waals surface area contributed by atoms with Gasteiger partial charge in [-0.05, 0) is 13.8 Å². The fraction of sp³-hybridized carbons (Fsp3) is 0.538. The highest BCUT2D eigenvalue weighted by atomic mass is 35.5. The van der Waals surface area contributed by atoms with Gasteiger partial charge in [-0.1, -0.05) is 35.5 Å². The highest BCUT2D eigenvalue weighted by Gasteiger charge is 2.17. The number of ether oxygens (including phenoxy) is 2. The van der Waals surface area contributed by atoms with Crippen LogP contribution in [0.15, 0.2) is 30.3 Å². The maximum absolute atomic E-state index is 5.82. The average molecular weight is 307 g/mol. The molecule has 102 valence electrons. The van der Waals surface area contributed by atoms with Gasteiger partial charge in [0.15, 0.2) is 0 Å². The Balaban J connectivity index is 2.59. The topological polar surface area (TPSA) is 18.5 Å². The molecule has 0 spiro atoms. The van der Waals surface area contributed by atoms with Crippen LogP contribution in [0.4, 0.5) is 0 Å². The molecule has 0 saturated heterocycles. The molecule has 0 bridgehead atoms. The Morgan fingerprint density at radius 1 is 1.00 bits per heavy atom. The summed E-state index contributed by atoms with van der Waals surface area (Å²) in [7, 11) is -0.663. The molecule has 0 heterocycles. The minimum atomic E-state index is -0.663. The molecule has 0 amide bonds. The molecule has 2 unspecified atom stereocenters. The predicted molar refractivity (Wildman–Crippen MR) is 80.9 cm³/mol. The molecule has 0 aliphatic heterocycles. The SMILES string of the molecule is CC(CCl)OC(OC(C)CCl)[SiH2]c1ccccc1. The molecule has 0 saturated carbocycles. The number of hydrogen-bond acceptors (Lipinski definition) is 2. The zero-order valence-electron chi connectivity index (χ0n) is 10.8. The molecule has 18 heavy (non-hydrogen) atoms.